The highest BCUT2D eigenvalue weighted by Gasteiger charge is 2.15. The molecule has 6 heteroatoms. The van der Waals surface area contributed by atoms with E-state index in [1.165, 1.54) is 5.56 Å². The van der Waals surface area contributed by atoms with Gasteiger partial charge in [-0.2, -0.15) is 0 Å². The number of aliphatic hydroxyl groups is 1. The van der Waals surface area contributed by atoms with Gasteiger partial charge in [-0.05, 0) is 23.1 Å². The topological polar surface area (TPSA) is 98.7 Å². The molecule has 0 radical (unpaired) electrons. The molecule has 6 nitrogen and oxygen atoms in total. The Kier molecular flexibility index (Phi) is 6.37. The number of benzene rings is 1. The fourth-order valence-electron chi connectivity index (χ4n) is 1.91. The van der Waals surface area contributed by atoms with Gasteiger partial charge >= 0.3 is 12.0 Å². The zero-order valence-corrected chi connectivity index (χ0v) is 13.2. The number of carboxylic acids is 1. The third-order valence-corrected chi connectivity index (χ3v) is 3.28. The maximum absolute atomic E-state index is 11.7. The lowest BCUT2D eigenvalue weighted by atomic mass is 9.87. The predicted molar refractivity (Wildman–Crippen MR) is 85.0 cm³/mol. The van der Waals surface area contributed by atoms with Gasteiger partial charge in [0.15, 0.2) is 0 Å². The number of hydrogen-bond acceptors (Lipinski definition) is 3. The van der Waals surface area contributed by atoms with Gasteiger partial charge in [0, 0.05) is 24.8 Å². The lowest BCUT2D eigenvalue weighted by molar-refractivity contribution is -0.138. The summed E-state index contributed by atoms with van der Waals surface area (Å²) < 4.78 is 0. The molecule has 122 valence electrons. The molecule has 0 aliphatic carbocycles. The molecule has 1 aromatic carbocycles. The van der Waals surface area contributed by atoms with Crippen LogP contribution in [0.3, 0.4) is 0 Å². The van der Waals surface area contributed by atoms with Gasteiger partial charge in [0.2, 0.25) is 0 Å². The summed E-state index contributed by atoms with van der Waals surface area (Å²) in [5, 5.41) is 23.0. The normalized spacial score (nSPS) is 12.5. The Morgan fingerprint density at radius 3 is 2.23 bits per heavy atom. The summed E-state index contributed by atoms with van der Waals surface area (Å²) in [5.74, 6) is -1.49. The minimum atomic E-state index is -1.00. The second-order valence-corrected chi connectivity index (χ2v) is 6.31. The summed E-state index contributed by atoms with van der Waals surface area (Å²) in [6, 6.07) is 7.13. The first-order valence-corrected chi connectivity index (χ1v) is 7.20. The van der Waals surface area contributed by atoms with Gasteiger partial charge in [-0.3, -0.25) is 4.79 Å². The van der Waals surface area contributed by atoms with E-state index in [2.05, 4.69) is 31.4 Å². The molecule has 0 saturated heterocycles. The van der Waals surface area contributed by atoms with Crippen molar-refractivity contribution < 1.29 is 19.8 Å². The van der Waals surface area contributed by atoms with Crippen molar-refractivity contribution in [1.29, 1.82) is 0 Å². The van der Waals surface area contributed by atoms with Crippen molar-refractivity contribution in [2.24, 2.45) is 5.92 Å². The molecule has 0 saturated carbocycles. The summed E-state index contributed by atoms with van der Waals surface area (Å²) in [4.78, 5) is 22.3. The Labute approximate surface area is 130 Å². The van der Waals surface area contributed by atoms with E-state index < -0.39 is 17.9 Å². The lowest BCUT2D eigenvalue weighted by Crippen LogP contribution is -2.35. The molecule has 1 aromatic rings. The van der Waals surface area contributed by atoms with E-state index in [1.54, 1.807) is 0 Å². The fraction of sp³-hybridized carbons (Fsp3) is 0.500. The molecular formula is C16H24N2O4. The second kappa shape index (κ2) is 7.79. The maximum Gasteiger partial charge on any atom is 0.319 e. The number of anilines is 1. The molecule has 0 aliphatic heterocycles. The number of carboxylic acid groups (broad SMARTS) is 1. The molecule has 2 amide bonds. The Morgan fingerprint density at radius 1 is 1.18 bits per heavy atom. The van der Waals surface area contributed by atoms with Crippen molar-refractivity contribution in [3.05, 3.63) is 29.8 Å². The second-order valence-electron chi connectivity index (χ2n) is 6.31. The van der Waals surface area contributed by atoms with E-state index in [1.807, 2.05) is 24.3 Å². The van der Waals surface area contributed by atoms with Gasteiger partial charge in [-0.25, -0.2) is 4.79 Å². The fourth-order valence-corrected chi connectivity index (χ4v) is 1.91. The van der Waals surface area contributed by atoms with Crippen molar-refractivity contribution >= 4 is 17.7 Å². The van der Waals surface area contributed by atoms with Gasteiger partial charge < -0.3 is 20.8 Å². The first-order chi connectivity index (χ1) is 10.2. The Morgan fingerprint density at radius 2 is 1.77 bits per heavy atom. The average Bonchev–Trinajstić information content (AvgIpc) is 2.42. The van der Waals surface area contributed by atoms with Crippen molar-refractivity contribution in [3.63, 3.8) is 0 Å². The minimum Gasteiger partial charge on any atom is -0.481 e. The highest BCUT2D eigenvalue weighted by atomic mass is 16.4. The number of rotatable bonds is 6. The van der Waals surface area contributed by atoms with Crippen molar-refractivity contribution in [1.82, 2.24) is 5.32 Å². The van der Waals surface area contributed by atoms with Crippen molar-refractivity contribution in [3.8, 4) is 0 Å². The Balaban J connectivity index is 2.49. The van der Waals surface area contributed by atoms with Crippen LogP contribution in [0.25, 0.3) is 0 Å². The summed E-state index contributed by atoms with van der Waals surface area (Å²) in [5.41, 5.74) is 1.87. The number of aliphatic hydroxyl groups excluding tert-OH is 1. The number of carbonyl (C=O) groups excluding carboxylic acids is 1. The highest BCUT2D eigenvalue weighted by Crippen LogP contribution is 2.23. The van der Waals surface area contributed by atoms with Crippen LogP contribution in [0.4, 0.5) is 10.5 Å². The van der Waals surface area contributed by atoms with E-state index in [0.29, 0.717) is 5.69 Å². The molecule has 0 spiro atoms. The van der Waals surface area contributed by atoms with E-state index in [4.69, 9.17) is 10.2 Å². The Bertz CT molecular complexity index is 506. The van der Waals surface area contributed by atoms with E-state index in [-0.39, 0.29) is 25.0 Å². The third kappa shape index (κ3) is 6.13. The van der Waals surface area contributed by atoms with E-state index >= 15 is 0 Å². The molecule has 0 aliphatic rings. The zero-order valence-electron chi connectivity index (χ0n) is 13.2. The van der Waals surface area contributed by atoms with Crippen LogP contribution in [0.5, 0.6) is 0 Å². The van der Waals surface area contributed by atoms with Gasteiger partial charge in [0.25, 0.3) is 0 Å². The molecular weight excluding hydrogens is 284 g/mol. The van der Waals surface area contributed by atoms with Crippen molar-refractivity contribution in [2.45, 2.75) is 32.6 Å². The first-order valence-electron chi connectivity index (χ1n) is 7.20. The van der Waals surface area contributed by atoms with Crippen molar-refractivity contribution in [2.75, 3.05) is 18.5 Å². The molecule has 0 fully saturated rings. The van der Waals surface area contributed by atoms with Crippen LogP contribution in [0.15, 0.2) is 24.3 Å². The molecule has 1 unspecified atom stereocenters. The van der Waals surface area contributed by atoms with Crippen LogP contribution in [0.1, 0.15) is 32.8 Å². The smallest absolute Gasteiger partial charge is 0.319 e. The zero-order chi connectivity index (χ0) is 16.8. The van der Waals surface area contributed by atoms with Crippen LogP contribution < -0.4 is 10.6 Å². The highest BCUT2D eigenvalue weighted by molar-refractivity contribution is 5.89. The van der Waals surface area contributed by atoms with Crippen LogP contribution in [-0.4, -0.2) is 35.4 Å². The number of amides is 2. The maximum atomic E-state index is 11.7. The van der Waals surface area contributed by atoms with Gasteiger partial charge in [-0.1, -0.05) is 32.9 Å². The van der Waals surface area contributed by atoms with Crippen LogP contribution >= 0.6 is 0 Å². The molecule has 4 N–H and O–H groups in total. The molecule has 0 heterocycles. The van der Waals surface area contributed by atoms with Crippen LogP contribution in [0.2, 0.25) is 0 Å². The average molecular weight is 308 g/mol. The Hall–Kier alpha value is -2.08. The van der Waals surface area contributed by atoms with E-state index in [0.717, 1.165) is 0 Å². The number of hydrogen-bond donors (Lipinski definition) is 4. The standard InChI is InChI=1S/C16H24N2O4/c1-16(2,3)12-4-6-13(7-5-12)18-15(22)17-9-11(10-19)8-14(20)21/h4-7,11,19H,8-10H2,1-3H3,(H,20,21)(H2,17,18,22). The number of carbonyl (C=O) groups is 2. The first kappa shape index (κ1) is 18.0. The number of urea groups is 1. The quantitative estimate of drug-likeness (QED) is 0.647. The molecule has 1 rings (SSSR count). The third-order valence-electron chi connectivity index (χ3n) is 3.28. The van der Waals surface area contributed by atoms with E-state index in [9.17, 15) is 9.59 Å². The van der Waals surface area contributed by atoms with Gasteiger partial charge in [-0.15, -0.1) is 0 Å². The summed E-state index contributed by atoms with van der Waals surface area (Å²) in [6.45, 7) is 6.15. The molecule has 22 heavy (non-hydrogen) atoms. The molecule has 0 aromatic heterocycles. The lowest BCUT2D eigenvalue weighted by Gasteiger charge is -2.19. The van der Waals surface area contributed by atoms with Crippen LogP contribution in [-0.2, 0) is 10.2 Å². The SMILES string of the molecule is CC(C)(C)c1ccc(NC(=O)NCC(CO)CC(=O)O)cc1. The number of nitrogens with one attached hydrogen (secondary N) is 2. The van der Waals surface area contributed by atoms with Gasteiger partial charge in [0.1, 0.15) is 0 Å². The minimum absolute atomic E-state index is 0.0476. The number of aliphatic carboxylic acids is 1. The predicted octanol–water partition coefficient (Wildman–Crippen LogP) is 2.19. The summed E-state index contributed by atoms with van der Waals surface area (Å²) in [7, 11) is 0. The summed E-state index contributed by atoms with van der Waals surface area (Å²) in [6.07, 6.45) is -0.183. The molecule has 0 bridgehead atoms. The summed E-state index contributed by atoms with van der Waals surface area (Å²) >= 11 is 0. The molecule has 1 atom stereocenters. The van der Waals surface area contributed by atoms with Gasteiger partial charge in [0.05, 0.1) is 6.42 Å². The largest absolute Gasteiger partial charge is 0.481 e. The van der Waals surface area contributed by atoms with Crippen LogP contribution in [0, 0.1) is 5.92 Å². The monoisotopic (exact) mass is 308 g/mol.